The second kappa shape index (κ2) is 5.59. The van der Waals surface area contributed by atoms with Gasteiger partial charge in [0.25, 0.3) is 0 Å². The highest BCUT2D eigenvalue weighted by Gasteiger charge is 2.24. The summed E-state index contributed by atoms with van der Waals surface area (Å²) in [5.74, 6) is 0. The highest BCUT2D eigenvalue weighted by Crippen LogP contribution is 2.31. The number of rotatable bonds is 2. The van der Waals surface area contributed by atoms with E-state index in [0.717, 1.165) is 34.9 Å². The van der Waals surface area contributed by atoms with Gasteiger partial charge in [-0.2, -0.15) is 0 Å². The molecule has 0 amide bonds. The van der Waals surface area contributed by atoms with E-state index < -0.39 is 0 Å². The van der Waals surface area contributed by atoms with Gasteiger partial charge in [-0.3, -0.25) is 4.90 Å². The lowest BCUT2D eigenvalue weighted by Gasteiger charge is -2.26. The predicted molar refractivity (Wildman–Crippen MR) is 91.4 cm³/mol. The molecule has 0 radical (unpaired) electrons. The average Bonchev–Trinajstić information content (AvgIpc) is 2.64. The first-order valence-electron chi connectivity index (χ1n) is 7.24. The molecule has 1 aromatic carbocycles. The molecule has 1 aliphatic rings. The summed E-state index contributed by atoms with van der Waals surface area (Å²) in [5, 5.41) is 0.821. The predicted octanol–water partition coefficient (Wildman–Crippen LogP) is 4.52. The lowest BCUT2D eigenvalue weighted by Crippen LogP contribution is -2.34. The Kier molecular flexibility index (Phi) is 3.95. The molecular weight excluding hydrogens is 302 g/mol. The van der Waals surface area contributed by atoms with Gasteiger partial charge in [-0.25, -0.2) is 0 Å². The molecule has 0 unspecified atom stereocenters. The van der Waals surface area contributed by atoms with Crippen LogP contribution < -0.4 is 0 Å². The number of hydrogen-bond acceptors (Lipinski definition) is 2. The van der Waals surface area contributed by atoms with Crippen molar-refractivity contribution in [2.45, 2.75) is 39.9 Å². The monoisotopic (exact) mass is 321 g/mol. The molecule has 0 fully saturated rings. The van der Waals surface area contributed by atoms with E-state index in [1.807, 2.05) is 12.1 Å². The molecule has 3 rings (SSSR count). The van der Waals surface area contributed by atoms with Crippen LogP contribution in [0.1, 0.15) is 26.3 Å². The smallest absolute Gasteiger partial charge is 0.178 e. The van der Waals surface area contributed by atoms with Crippen molar-refractivity contribution in [3.05, 3.63) is 39.1 Å². The van der Waals surface area contributed by atoms with Crippen LogP contribution in [0.4, 0.5) is 0 Å². The molecule has 3 nitrogen and oxygen atoms in total. The van der Waals surface area contributed by atoms with Crippen LogP contribution in [0.25, 0.3) is 11.0 Å². The van der Waals surface area contributed by atoms with E-state index >= 15 is 0 Å². The summed E-state index contributed by atoms with van der Waals surface area (Å²) in [6, 6.07) is 4.39. The Morgan fingerprint density at radius 2 is 2.24 bits per heavy atom. The Morgan fingerprint density at radius 3 is 2.95 bits per heavy atom. The van der Waals surface area contributed by atoms with E-state index in [1.165, 1.54) is 16.7 Å². The zero-order valence-electron chi connectivity index (χ0n) is 12.6. The molecule has 0 aliphatic carbocycles. The minimum absolute atomic E-state index is 0.412. The molecule has 2 heterocycles. The molecule has 5 heteroatoms. The number of H-pyrrole nitrogens is 1. The Balaban J connectivity index is 2.12. The summed E-state index contributed by atoms with van der Waals surface area (Å²) < 4.78 is 2.98. The molecule has 1 aliphatic heterocycles. The van der Waals surface area contributed by atoms with Crippen LogP contribution in [0.15, 0.2) is 23.8 Å². The minimum atomic E-state index is 0.412. The molecule has 112 valence electrons. The van der Waals surface area contributed by atoms with Crippen molar-refractivity contribution in [3.8, 4) is 0 Å². The number of aromatic nitrogens is 2. The fourth-order valence-corrected chi connectivity index (χ4v) is 3.40. The summed E-state index contributed by atoms with van der Waals surface area (Å²) in [4.78, 5) is 5.74. The second-order valence-corrected chi connectivity index (χ2v) is 6.82. The Morgan fingerprint density at radius 1 is 1.48 bits per heavy atom. The molecule has 2 aromatic rings. The van der Waals surface area contributed by atoms with E-state index in [1.54, 1.807) is 0 Å². The number of halogens is 1. The van der Waals surface area contributed by atoms with Gasteiger partial charge in [-0.15, -0.1) is 0 Å². The van der Waals surface area contributed by atoms with E-state index in [9.17, 15) is 0 Å². The number of nitrogens with zero attached hydrogens (tertiary/aromatic N) is 2. The topological polar surface area (TPSA) is 24.0 Å². The van der Waals surface area contributed by atoms with Gasteiger partial charge in [0.05, 0.1) is 11.0 Å². The third kappa shape index (κ3) is 2.68. The van der Waals surface area contributed by atoms with Gasteiger partial charge in [0.15, 0.2) is 4.77 Å². The minimum Gasteiger partial charge on any atom is -0.331 e. The lowest BCUT2D eigenvalue weighted by atomic mass is 10.1. The zero-order valence-corrected chi connectivity index (χ0v) is 14.2. The molecule has 1 atom stereocenters. The van der Waals surface area contributed by atoms with Gasteiger partial charge < -0.3 is 9.55 Å². The van der Waals surface area contributed by atoms with Crippen molar-refractivity contribution < 1.29 is 0 Å². The normalized spacial score (nSPS) is 18.8. The zero-order chi connectivity index (χ0) is 15.1. The highest BCUT2D eigenvalue weighted by atomic mass is 35.5. The number of imidazole rings is 1. The van der Waals surface area contributed by atoms with Crippen LogP contribution in [0, 0.1) is 4.77 Å². The van der Waals surface area contributed by atoms with Crippen molar-refractivity contribution in [2.24, 2.45) is 0 Å². The summed E-state index contributed by atoms with van der Waals surface area (Å²) in [6.45, 7) is 9.21. The fourth-order valence-electron chi connectivity index (χ4n) is 2.91. The maximum atomic E-state index is 6.46. The van der Waals surface area contributed by atoms with Crippen molar-refractivity contribution in [3.63, 3.8) is 0 Å². The molecule has 0 spiro atoms. The van der Waals surface area contributed by atoms with Crippen molar-refractivity contribution in [2.75, 3.05) is 6.54 Å². The Labute approximate surface area is 135 Å². The molecule has 0 saturated heterocycles. The van der Waals surface area contributed by atoms with Gasteiger partial charge in [-0.1, -0.05) is 23.3 Å². The maximum absolute atomic E-state index is 6.46. The number of nitrogens with one attached hydrogen (secondary N) is 1. The van der Waals surface area contributed by atoms with Crippen molar-refractivity contribution in [1.29, 1.82) is 0 Å². The molecule has 0 saturated carbocycles. The summed E-state index contributed by atoms with van der Waals surface area (Å²) in [5.41, 5.74) is 4.76. The molecule has 21 heavy (non-hydrogen) atoms. The van der Waals surface area contributed by atoms with E-state index in [0.29, 0.717) is 6.04 Å². The first-order chi connectivity index (χ1) is 9.97. The molecule has 0 bridgehead atoms. The number of aromatic amines is 1. The highest BCUT2D eigenvalue weighted by molar-refractivity contribution is 7.71. The summed E-state index contributed by atoms with van der Waals surface area (Å²) >= 11 is 11.9. The third-order valence-electron chi connectivity index (χ3n) is 4.15. The van der Waals surface area contributed by atoms with Crippen LogP contribution >= 0.6 is 23.8 Å². The van der Waals surface area contributed by atoms with Gasteiger partial charge >= 0.3 is 0 Å². The van der Waals surface area contributed by atoms with Crippen LogP contribution in [0.5, 0.6) is 0 Å². The Hall–Kier alpha value is -1.10. The van der Waals surface area contributed by atoms with Crippen LogP contribution in [0.2, 0.25) is 5.02 Å². The first-order valence-corrected chi connectivity index (χ1v) is 8.03. The van der Waals surface area contributed by atoms with E-state index in [2.05, 4.69) is 41.3 Å². The molecule has 1 aromatic heterocycles. The fraction of sp³-hybridized carbons (Fsp3) is 0.438. The van der Waals surface area contributed by atoms with Crippen LogP contribution in [0.3, 0.4) is 0 Å². The summed E-state index contributed by atoms with van der Waals surface area (Å²) in [6.07, 6.45) is 2.27. The van der Waals surface area contributed by atoms with E-state index in [-0.39, 0.29) is 0 Å². The van der Waals surface area contributed by atoms with E-state index in [4.69, 9.17) is 23.8 Å². The van der Waals surface area contributed by atoms with Crippen LogP contribution in [-0.4, -0.2) is 27.0 Å². The number of allylic oxidation sites excluding steroid dienone is 1. The quantitative estimate of drug-likeness (QED) is 0.649. The van der Waals surface area contributed by atoms with Gasteiger partial charge in [0.1, 0.15) is 0 Å². The average molecular weight is 322 g/mol. The Bertz CT molecular complexity index is 768. The van der Waals surface area contributed by atoms with Crippen LogP contribution in [-0.2, 0) is 13.1 Å². The SMILES string of the molecule is CC(C)=CCN1Cc2c(Cl)ccc3[nH]c(=S)n(c23)C[C@@H]1C. The van der Waals surface area contributed by atoms with Gasteiger partial charge in [0.2, 0.25) is 0 Å². The van der Waals surface area contributed by atoms with Crippen molar-refractivity contribution >= 4 is 34.9 Å². The standard InChI is InChI=1S/C16H20ClN3S/c1-10(2)6-7-19-9-12-13(17)4-5-14-15(12)20(8-11(19)3)16(21)18-14/h4-6,11H,7-9H2,1-3H3,(H,18,21)/t11-/m0/s1. The maximum Gasteiger partial charge on any atom is 0.178 e. The third-order valence-corrected chi connectivity index (χ3v) is 4.82. The first kappa shape index (κ1) is 14.8. The number of hydrogen-bond donors (Lipinski definition) is 1. The summed E-state index contributed by atoms with van der Waals surface area (Å²) in [7, 11) is 0. The molecular formula is C16H20ClN3S. The second-order valence-electron chi connectivity index (χ2n) is 6.02. The largest absolute Gasteiger partial charge is 0.331 e. The van der Waals surface area contributed by atoms with Gasteiger partial charge in [0, 0.05) is 36.3 Å². The molecule has 1 N–H and O–H groups in total. The van der Waals surface area contributed by atoms with Gasteiger partial charge in [-0.05, 0) is 45.1 Å². The number of benzene rings is 1. The lowest BCUT2D eigenvalue weighted by molar-refractivity contribution is 0.210. The van der Waals surface area contributed by atoms with Crippen molar-refractivity contribution in [1.82, 2.24) is 14.5 Å².